The van der Waals surface area contributed by atoms with Gasteiger partial charge < -0.3 is 9.73 Å². The minimum atomic E-state index is 0.345. The maximum Gasteiger partial charge on any atom is 0.109 e. The molecule has 1 N–H and O–H groups in total. The lowest BCUT2D eigenvalue weighted by Gasteiger charge is -2.35. The van der Waals surface area contributed by atoms with Crippen LogP contribution >= 0.6 is 0 Å². The molecule has 0 amide bonds. The maximum atomic E-state index is 5.56. The monoisotopic (exact) mass is 207 g/mol. The first-order valence-corrected chi connectivity index (χ1v) is 5.80. The predicted molar refractivity (Wildman–Crippen MR) is 61.8 cm³/mol. The minimum Gasteiger partial charge on any atom is -0.469 e. The Labute approximate surface area is 92.1 Å². The number of hydrogen-bond acceptors (Lipinski definition) is 2. The van der Waals surface area contributed by atoms with E-state index < -0.39 is 0 Å². The molecule has 1 aromatic heterocycles. The van der Waals surface area contributed by atoms with E-state index in [1.54, 1.807) is 0 Å². The Kier molecular flexibility index (Phi) is 2.63. The fraction of sp³-hybridized carbons (Fsp3) is 0.692. The Morgan fingerprint density at radius 3 is 2.87 bits per heavy atom. The van der Waals surface area contributed by atoms with Crippen molar-refractivity contribution in [2.45, 2.75) is 52.6 Å². The zero-order valence-electron chi connectivity index (χ0n) is 10.1. The van der Waals surface area contributed by atoms with E-state index in [1.165, 1.54) is 17.7 Å². The summed E-state index contributed by atoms with van der Waals surface area (Å²) in [6.07, 6.45) is 4.07. The van der Waals surface area contributed by atoms with E-state index in [-0.39, 0.29) is 0 Å². The highest BCUT2D eigenvalue weighted by Gasteiger charge is 2.34. The number of furan rings is 1. The molecule has 0 aliphatic heterocycles. The van der Waals surface area contributed by atoms with E-state index in [0.29, 0.717) is 17.5 Å². The summed E-state index contributed by atoms with van der Waals surface area (Å²) in [5.41, 5.74) is 1.71. The molecule has 0 spiro atoms. The van der Waals surface area contributed by atoms with Gasteiger partial charge in [-0.15, -0.1) is 0 Å². The fourth-order valence-corrected chi connectivity index (χ4v) is 2.53. The SMILES string of the molecule is CC(C)NC1CC(C)(C)Cc2occc21. The molecule has 1 aromatic rings. The molecule has 2 rings (SSSR count). The van der Waals surface area contributed by atoms with Crippen molar-refractivity contribution in [1.82, 2.24) is 5.32 Å². The number of rotatable bonds is 2. The standard InChI is InChI=1S/C13H21NO/c1-9(2)14-11-7-13(3,4)8-12-10(11)5-6-15-12/h5-6,9,11,14H,7-8H2,1-4H3. The average Bonchev–Trinajstić information content (AvgIpc) is 2.48. The van der Waals surface area contributed by atoms with Crippen LogP contribution in [0.25, 0.3) is 0 Å². The number of hydrogen-bond donors (Lipinski definition) is 1. The first-order valence-electron chi connectivity index (χ1n) is 5.80. The van der Waals surface area contributed by atoms with Gasteiger partial charge in [-0.1, -0.05) is 27.7 Å². The topological polar surface area (TPSA) is 25.2 Å². The molecular weight excluding hydrogens is 186 g/mol. The van der Waals surface area contributed by atoms with Crippen molar-refractivity contribution in [3.8, 4) is 0 Å². The molecule has 2 nitrogen and oxygen atoms in total. The highest BCUT2D eigenvalue weighted by Crippen LogP contribution is 2.41. The summed E-state index contributed by atoms with van der Waals surface area (Å²) in [4.78, 5) is 0. The molecule has 0 saturated carbocycles. The Hall–Kier alpha value is -0.760. The van der Waals surface area contributed by atoms with Gasteiger partial charge in [-0.2, -0.15) is 0 Å². The van der Waals surface area contributed by atoms with Gasteiger partial charge in [-0.25, -0.2) is 0 Å². The highest BCUT2D eigenvalue weighted by atomic mass is 16.3. The van der Waals surface area contributed by atoms with E-state index in [4.69, 9.17) is 4.42 Å². The number of fused-ring (bicyclic) bond motifs is 1. The second-order valence-corrected chi connectivity index (χ2v) is 5.72. The van der Waals surface area contributed by atoms with Gasteiger partial charge in [0, 0.05) is 24.1 Å². The molecule has 2 heteroatoms. The van der Waals surface area contributed by atoms with Gasteiger partial charge in [0.25, 0.3) is 0 Å². The van der Waals surface area contributed by atoms with Crippen molar-refractivity contribution >= 4 is 0 Å². The van der Waals surface area contributed by atoms with Crippen LogP contribution in [0.5, 0.6) is 0 Å². The molecule has 1 atom stereocenters. The summed E-state index contributed by atoms with van der Waals surface area (Å²) < 4.78 is 5.56. The van der Waals surface area contributed by atoms with Crippen molar-refractivity contribution < 1.29 is 4.42 Å². The molecule has 1 unspecified atom stereocenters. The largest absolute Gasteiger partial charge is 0.469 e. The van der Waals surface area contributed by atoms with Crippen molar-refractivity contribution in [2.24, 2.45) is 5.41 Å². The molecule has 1 aliphatic rings. The van der Waals surface area contributed by atoms with E-state index >= 15 is 0 Å². The van der Waals surface area contributed by atoms with Crippen LogP contribution in [0.4, 0.5) is 0 Å². The molecule has 0 fully saturated rings. The number of nitrogens with one attached hydrogen (secondary N) is 1. The van der Waals surface area contributed by atoms with Crippen LogP contribution in [-0.4, -0.2) is 6.04 Å². The summed E-state index contributed by atoms with van der Waals surface area (Å²) >= 11 is 0. The van der Waals surface area contributed by atoms with Crippen LogP contribution in [0.2, 0.25) is 0 Å². The Morgan fingerprint density at radius 1 is 1.47 bits per heavy atom. The second-order valence-electron chi connectivity index (χ2n) is 5.72. The van der Waals surface area contributed by atoms with Crippen LogP contribution in [0, 0.1) is 5.41 Å². The first-order chi connectivity index (χ1) is 6.98. The van der Waals surface area contributed by atoms with Crippen molar-refractivity contribution in [2.75, 3.05) is 0 Å². The molecule has 15 heavy (non-hydrogen) atoms. The van der Waals surface area contributed by atoms with Gasteiger partial charge in [0.2, 0.25) is 0 Å². The van der Waals surface area contributed by atoms with Crippen molar-refractivity contribution in [3.63, 3.8) is 0 Å². The zero-order valence-corrected chi connectivity index (χ0v) is 10.1. The van der Waals surface area contributed by atoms with Crippen LogP contribution < -0.4 is 5.32 Å². The lowest BCUT2D eigenvalue weighted by atomic mass is 9.74. The van der Waals surface area contributed by atoms with Gasteiger partial charge in [0.15, 0.2) is 0 Å². The normalized spacial score (nSPS) is 24.2. The van der Waals surface area contributed by atoms with E-state index in [2.05, 4.69) is 39.1 Å². The van der Waals surface area contributed by atoms with E-state index in [9.17, 15) is 0 Å². The molecule has 1 heterocycles. The van der Waals surface area contributed by atoms with E-state index in [0.717, 1.165) is 6.42 Å². The molecule has 0 saturated heterocycles. The predicted octanol–water partition coefficient (Wildman–Crippen LogP) is 3.29. The summed E-state index contributed by atoms with van der Waals surface area (Å²) in [6, 6.07) is 3.10. The van der Waals surface area contributed by atoms with Gasteiger partial charge in [-0.05, 0) is 17.9 Å². The fourth-order valence-electron chi connectivity index (χ4n) is 2.53. The van der Waals surface area contributed by atoms with Gasteiger partial charge >= 0.3 is 0 Å². The lowest BCUT2D eigenvalue weighted by Crippen LogP contribution is -2.35. The second kappa shape index (κ2) is 3.67. The van der Waals surface area contributed by atoms with Gasteiger partial charge in [-0.3, -0.25) is 0 Å². The third-order valence-electron chi connectivity index (χ3n) is 3.09. The molecule has 0 radical (unpaired) electrons. The summed E-state index contributed by atoms with van der Waals surface area (Å²) in [5.74, 6) is 1.17. The van der Waals surface area contributed by atoms with Crippen LogP contribution in [-0.2, 0) is 6.42 Å². The Balaban J connectivity index is 2.25. The van der Waals surface area contributed by atoms with Gasteiger partial charge in [0.1, 0.15) is 5.76 Å². The van der Waals surface area contributed by atoms with Crippen molar-refractivity contribution in [3.05, 3.63) is 23.7 Å². The maximum absolute atomic E-state index is 5.56. The average molecular weight is 207 g/mol. The summed E-state index contributed by atoms with van der Waals surface area (Å²) in [7, 11) is 0. The molecule has 0 bridgehead atoms. The summed E-state index contributed by atoms with van der Waals surface area (Å²) in [6.45, 7) is 9.02. The summed E-state index contributed by atoms with van der Waals surface area (Å²) in [5, 5.41) is 3.62. The first kappa shape index (κ1) is 10.7. The van der Waals surface area contributed by atoms with Crippen LogP contribution in [0.15, 0.2) is 16.7 Å². The van der Waals surface area contributed by atoms with Gasteiger partial charge in [0.05, 0.1) is 6.26 Å². The van der Waals surface area contributed by atoms with E-state index in [1.807, 2.05) is 6.26 Å². The zero-order chi connectivity index (χ0) is 11.1. The minimum absolute atomic E-state index is 0.345. The Morgan fingerprint density at radius 2 is 2.20 bits per heavy atom. The quantitative estimate of drug-likeness (QED) is 0.805. The Bertz CT molecular complexity index is 338. The molecule has 84 valence electrons. The van der Waals surface area contributed by atoms with Crippen LogP contribution in [0.3, 0.4) is 0 Å². The third-order valence-corrected chi connectivity index (χ3v) is 3.09. The molecule has 0 aromatic carbocycles. The molecular formula is C13H21NO. The smallest absolute Gasteiger partial charge is 0.109 e. The molecule has 1 aliphatic carbocycles. The highest BCUT2D eigenvalue weighted by molar-refractivity contribution is 5.26. The van der Waals surface area contributed by atoms with Crippen molar-refractivity contribution in [1.29, 1.82) is 0 Å². The lowest BCUT2D eigenvalue weighted by molar-refractivity contribution is 0.229. The third kappa shape index (κ3) is 2.25. The van der Waals surface area contributed by atoms with Crippen LogP contribution in [0.1, 0.15) is 51.5 Å².